The van der Waals surface area contributed by atoms with E-state index in [0.717, 1.165) is 74.1 Å². The van der Waals surface area contributed by atoms with Crippen LogP contribution in [0.3, 0.4) is 0 Å². The van der Waals surface area contributed by atoms with E-state index in [-0.39, 0.29) is 15.8 Å². The number of benzene rings is 3. The van der Waals surface area contributed by atoms with Crippen molar-refractivity contribution in [2.24, 2.45) is 11.7 Å². The summed E-state index contributed by atoms with van der Waals surface area (Å²) in [5, 5.41) is 5.97. The van der Waals surface area contributed by atoms with Gasteiger partial charge in [0.1, 0.15) is 5.78 Å². The third kappa shape index (κ3) is 10.7. The highest BCUT2D eigenvalue weighted by Gasteiger charge is 2.23. The van der Waals surface area contributed by atoms with Crippen molar-refractivity contribution in [2.75, 3.05) is 45.4 Å². The van der Waals surface area contributed by atoms with E-state index in [9.17, 15) is 21.6 Å². The van der Waals surface area contributed by atoms with Crippen molar-refractivity contribution in [3.63, 3.8) is 0 Å². The molecule has 3 aromatic heterocycles. The van der Waals surface area contributed by atoms with E-state index < -0.39 is 20.0 Å². The van der Waals surface area contributed by atoms with Crippen LogP contribution in [0.5, 0.6) is 0 Å². The van der Waals surface area contributed by atoms with Crippen molar-refractivity contribution in [2.45, 2.75) is 60.9 Å². The number of carbonyl (C=O) groups excluding carboxylic acids is 1. The number of fused-ring (bicyclic) bond motifs is 1. The second-order valence-corrected chi connectivity index (χ2v) is 19.9. The van der Waals surface area contributed by atoms with Crippen LogP contribution in [0.15, 0.2) is 112 Å². The molecule has 2 aliphatic rings. The molecule has 3 aromatic carbocycles. The molecule has 0 aliphatic carbocycles. The van der Waals surface area contributed by atoms with Gasteiger partial charge < -0.3 is 20.1 Å². The minimum Gasteiger partial charge on any atom is -0.372 e. The van der Waals surface area contributed by atoms with E-state index >= 15 is 0 Å². The Bertz CT molecular complexity index is 2480. The Morgan fingerprint density at radius 3 is 1.76 bits per heavy atom. The predicted octanol–water partition coefficient (Wildman–Crippen LogP) is 7.69. The number of nitrogens with one attached hydrogen (secondary N) is 2. The molecule has 0 unspecified atom stereocenters. The van der Waals surface area contributed by atoms with Gasteiger partial charge in [-0.05, 0) is 104 Å². The lowest BCUT2D eigenvalue weighted by molar-refractivity contribution is -0.120. The van der Waals surface area contributed by atoms with Gasteiger partial charge in [-0.2, -0.15) is 0 Å². The van der Waals surface area contributed by atoms with E-state index in [1.54, 1.807) is 47.4 Å². The normalized spacial score (nSPS) is 15.6. The van der Waals surface area contributed by atoms with Crippen molar-refractivity contribution in [3.05, 3.63) is 107 Å². The molecule has 6 aromatic rings. The summed E-state index contributed by atoms with van der Waals surface area (Å²) >= 11 is 8.55. The van der Waals surface area contributed by atoms with Gasteiger partial charge in [0, 0.05) is 108 Å². The first kappa shape index (κ1) is 41.6. The highest BCUT2D eigenvalue weighted by Crippen LogP contribution is 2.29. The number of Topliss-reactive ketones (excluding diaryl/α,β-unsaturated/α-hetero) is 1. The summed E-state index contributed by atoms with van der Waals surface area (Å²) < 4.78 is 56.7. The molecule has 4 N–H and O–H groups in total. The van der Waals surface area contributed by atoms with E-state index in [1.165, 1.54) is 22.7 Å². The summed E-state index contributed by atoms with van der Waals surface area (Å²) in [5.41, 5.74) is 9.02. The number of anilines is 4. The lowest BCUT2D eigenvalue weighted by Crippen LogP contribution is -2.39. The molecule has 18 heteroatoms. The number of halogens is 1. The van der Waals surface area contributed by atoms with Crippen LogP contribution >= 0.6 is 34.3 Å². The number of aryl methyl sites for hydroxylation is 1. The Labute approximate surface area is 352 Å². The molecule has 0 radical (unpaired) electrons. The van der Waals surface area contributed by atoms with E-state index in [2.05, 4.69) is 33.8 Å². The van der Waals surface area contributed by atoms with Gasteiger partial charge in [0.05, 0.1) is 9.79 Å². The summed E-state index contributed by atoms with van der Waals surface area (Å²) in [5.74, 6) is 0.683. The van der Waals surface area contributed by atoms with Crippen molar-refractivity contribution < 1.29 is 21.6 Å². The number of hydrogen-bond donors (Lipinski definition) is 3. The molecular weight excluding hydrogens is 836 g/mol. The number of piperidine rings is 2. The van der Waals surface area contributed by atoms with Crippen molar-refractivity contribution in [3.8, 4) is 0 Å². The molecule has 2 aliphatic heterocycles. The Hall–Kier alpha value is -4.52. The zero-order chi connectivity index (χ0) is 40.7. The van der Waals surface area contributed by atoms with Crippen LogP contribution in [0, 0.1) is 5.92 Å². The van der Waals surface area contributed by atoms with E-state index in [0.29, 0.717) is 46.4 Å². The Balaban J connectivity index is 0.000000199. The summed E-state index contributed by atoms with van der Waals surface area (Å²) in [6.45, 7) is 4.19. The SMILES string of the molecule is NC1CCN(c2ccc(S(=O)(=O)Nc3nccs3)cc2)CC1.O=C(CCn1ccc2cc(Cl)ccc21)CC1CCN(c2ccc(S(=O)(=O)Nc3nccs3)cc2)CC1. The van der Waals surface area contributed by atoms with Crippen LogP contribution in [-0.4, -0.2) is 69.4 Å². The van der Waals surface area contributed by atoms with Crippen LogP contribution in [-0.2, 0) is 31.4 Å². The lowest BCUT2D eigenvalue weighted by atomic mass is 9.90. The zero-order valence-corrected chi connectivity index (χ0v) is 35.6. The largest absolute Gasteiger partial charge is 0.372 e. The molecule has 0 atom stereocenters. The number of sulfonamides is 2. The number of hydrogen-bond acceptors (Lipinski definition) is 12. The molecule has 8 rings (SSSR count). The Morgan fingerprint density at radius 1 is 0.741 bits per heavy atom. The number of carbonyl (C=O) groups is 1. The molecule has 13 nitrogen and oxygen atoms in total. The maximum atomic E-state index is 12.7. The van der Waals surface area contributed by atoms with Crippen LogP contribution < -0.4 is 25.0 Å². The van der Waals surface area contributed by atoms with Gasteiger partial charge in [-0.3, -0.25) is 14.2 Å². The molecule has 0 saturated carbocycles. The van der Waals surface area contributed by atoms with Crippen molar-refractivity contribution in [1.29, 1.82) is 0 Å². The van der Waals surface area contributed by atoms with Crippen LogP contribution in [0.25, 0.3) is 10.9 Å². The molecule has 2 saturated heterocycles. The Morgan fingerprint density at radius 2 is 1.26 bits per heavy atom. The van der Waals surface area contributed by atoms with Crippen molar-refractivity contribution >= 4 is 92.6 Å². The smallest absolute Gasteiger partial charge is 0.263 e. The fourth-order valence-electron chi connectivity index (χ4n) is 7.16. The standard InChI is InChI=1S/C26H27ClN4O3S2.C14H18N4O2S2/c27-21-1-6-25-20(18-21)9-14-31(25)15-10-23(32)17-19-7-12-30(13-8-19)22-2-4-24(5-3-22)36(33,34)29-26-28-11-16-35-26;15-11-5-8-18(9-6-11)12-1-3-13(4-2-12)22(19,20)17-14-16-7-10-21-14/h1-6,9,11,14,16,18-19H,7-8,10,12-13,15,17H2,(H,28,29);1-4,7,10-11H,5-6,8-9,15H2,(H,16,17). The van der Waals surface area contributed by atoms with Crippen LogP contribution in [0.4, 0.5) is 21.6 Å². The van der Waals surface area contributed by atoms with E-state index in [1.807, 2.05) is 54.7 Å². The Kier molecular flexibility index (Phi) is 13.3. The molecule has 0 spiro atoms. The molecule has 306 valence electrons. The average molecular weight is 882 g/mol. The molecule has 58 heavy (non-hydrogen) atoms. The maximum Gasteiger partial charge on any atom is 0.263 e. The molecule has 5 heterocycles. The first-order valence-electron chi connectivity index (χ1n) is 19.0. The minimum absolute atomic E-state index is 0.209. The maximum absolute atomic E-state index is 12.7. The van der Waals surface area contributed by atoms with Crippen molar-refractivity contribution in [1.82, 2.24) is 14.5 Å². The number of nitrogens with two attached hydrogens (primary N) is 1. The quantitative estimate of drug-likeness (QED) is 0.104. The third-order valence-electron chi connectivity index (χ3n) is 10.4. The van der Waals surface area contributed by atoms with Gasteiger partial charge in [0.15, 0.2) is 10.3 Å². The van der Waals surface area contributed by atoms with Gasteiger partial charge in [-0.1, -0.05) is 11.6 Å². The molecule has 0 bridgehead atoms. The average Bonchev–Trinajstić information content (AvgIpc) is 4.01. The monoisotopic (exact) mass is 880 g/mol. The second kappa shape index (κ2) is 18.6. The number of ketones is 1. The van der Waals surface area contributed by atoms with Gasteiger partial charge in [-0.15, -0.1) is 22.7 Å². The van der Waals surface area contributed by atoms with Gasteiger partial charge in [0.2, 0.25) is 0 Å². The number of nitrogens with zero attached hydrogens (tertiary/aromatic N) is 5. The molecule has 2 fully saturated rings. The fraction of sp³-hybridized carbons (Fsp3) is 0.325. The summed E-state index contributed by atoms with van der Waals surface area (Å²) in [6, 6.07) is 22.0. The molecule has 0 amide bonds. The van der Waals surface area contributed by atoms with Crippen LogP contribution in [0.1, 0.15) is 38.5 Å². The van der Waals surface area contributed by atoms with Gasteiger partial charge in [-0.25, -0.2) is 26.8 Å². The van der Waals surface area contributed by atoms with Crippen LogP contribution in [0.2, 0.25) is 5.02 Å². The number of thiazole rings is 2. The highest BCUT2D eigenvalue weighted by molar-refractivity contribution is 7.93. The zero-order valence-electron chi connectivity index (χ0n) is 31.6. The predicted molar refractivity (Wildman–Crippen MR) is 234 cm³/mol. The minimum atomic E-state index is -3.65. The second-order valence-electron chi connectivity index (χ2n) is 14.3. The molecular formula is C40H45ClN8O5S4. The lowest BCUT2D eigenvalue weighted by Gasteiger charge is -2.33. The van der Waals surface area contributed by atoms with Gasteiger partial charge >= 0.3 is 0 Å². The summed E-state index contributed by atoms with van der Waals surface area (Å²) in [6.07, 6.45) is 10.1. The highest BCUT2D eigenvalue weighted by atomic mass is 35.5. The van der Waals surface area contributed by atoms with Gasteiger partial charge in [0.25, 0.3) is 20.0 Å². The third-order valence-corrected chi connectivity index (χ3v) is 14.9. The topological polar surface area (TPSA) is 173 Å². The van der Waals surface area contributed by atoms with E-state index in [4.69, 9.17) is 17.3 Å². The first-order valence-corrected chi connectivity index (χ1v) is 24.1. The number of rotatable bonds is 13. The summed E-state index contributed by atoms with van der Waals surface area (Å²) in [4.78, 5) is 25.5. The fourth-order valence-corrected chi connectivity index (χ4v) is 10.9. The summed E-state index contributed by atoms with van der Waals surface area (Å²) in [7, 11) is -7.23. The first-order chi connectivity index (χ1) is 27.9. The number of aromatic nitrogens is 3.